The van der Waals surface area contributed by atoms with Gasteiger partial charge in [-0.2, -0.15) is 5.10 Å². The molecule has 27 heavy (non-hydrogen) atoms. The third kappa shape index (κ3) is 3.72. The normalized spacial score (nSPS) is 21.5. The Morgan fingerprint density at radius 2 is 2.11 bits per heavy atom. The third-order valence-corrected chi connectivity index (χ3v) is 5.42. The minimum absolute atomic E-state index is 0.0349. The van der Waals surface area contributed by atoms with Crippen molar-refractivity contribution in [2.45, 2.75) is 39.7 Å². The summed E-state index contributed by atoms with van der Waals surface area (Å²) < 4.78 is 12.5. The Bertz CT molecular complexity index is 863. The molecule has 1 amide bonds. The summed E-state index contributed by atoms with van der Waals surface area (Å²) in [6, 6.07) is 7.90. The van der Waals surface area contributed by atoms with Crippen LogP contribution in [0.5, 0.6) is 11.5 Å². The van der Waals surface area contributed by atoms with Crippen molar-refractivity contribution in [1.82, 2.24) is 14.7 Å². The molecule has 2 aromatic rings. The van der Waals surface area contributed by atoms with E-state index in [0.717, 1.165) is 49.5 Å². The number of piperidine rings is 1. The van der Waals surface area contributed by atoms with Crippen LogP contribution < -0.4 is 15.2 Å². The Labute approximate surface area is 159 Å². The number of carbonyl (C=O) groups excluding carboxylic acids is 1. The van der Waals surface area contributed by atoms with Gasteiger partial charge in [0.1, 0.15) is 12.4 Å². The summed E-state index contributed by atoms with van der Waals surface area (Å²) in [7, 11) is 0. The smallest absolute Gasteiger partial charge is 0.244 e. The van der Waals surface area contributed by atoms with Gasteiger partial charge in [-0.05, 0) is 49.3 Å². The quantitative estimate of drug-likeness (QED) is 0.893. The molecule has 2 aliphatic rings. The predicted molar refractivity (Wildman–Crippen MR) is 102 cm³/mol. The van der Waals surface area contributed by atoms with E-state index in [1.807, 2.05) is 17.9 Å². The number of anilines is 1. The van der Waals surface area contributed by atoms with E-state index in [1.165, 1.54) is 5.56 Å². The summed E-state index contributed by atoms with van der Waals surface area (Å²) in [5, 5.41) is 4.30. The van der Waals surface area contributed by atoms with Crippen LogP contribution in [-0.2, 0) is 17.8 Å². The van der Waals surface area contributed by atoms with Crippen LogP contribution >= 0.6 is 0 Å². The number of nitrogens with two attached hydrogens (primary N) is 1. The van der Waals surface area contributed by atoms with Gasteiger partial charge in [0, 0.05) is 19.2 Å². The molecule has 7 nitrogen and oxygen atoms in total. The summed E-state index contributed by atoms with van der Waals surface area (Å²) in [5.74, 6) is 2.21. The number of fused-ring (bicyclic) bond motifs is 1. The predicted octanol–water partition coefficient (Wildman–Crippen LogP) is 2.37. The number of aromatic nitrogens is 2. The number of hydrogen-bond acceptors (Lipinski definition) is 5. The lowest BCUT2D eigenvalue weighted by atomic mass is 9.77. The Balaban J connectivity index is 1.43. The molecule has 3 heterocycles. The first-order valence-corrected chi connectivity index (χ1v) is 9.38. The number of nitrogen functional groups attached to an aromatic ring is 1. The maximum Gasteiger partial charge on any atom is 0.244 e. The zero-order chi connectivity index (χ0) is 19.0. The summed E-state index contributed by atoms with van der Waals surface area (Å²) in [5.41, 5.74) is 8.00. The van der Waals surface area contributed by atoms with Crippen molar-refractivity contribution < 1.29 is 14.3 Å². The van der Waals surface area contributed by atoms with E-state index in [1.54, 1.807) is 10.7 Å². The van der Waals surface area contributed by atoms with E-state index >= 15 is 0 Å². The second-order valence-corrected chi connectivity index (χ2v) is 7.96. The maximum atomic E-state index is 12.8. The van der Waals surface area contributed by atoms with Gasteiger partial charge in [0.15, 0.2) is 11.5 Å². The lowest BCUT2D eigenvalue weighted by Crippen LogP contribution is -2.47. The van der Waals surface area contributed by atoms with Crippen LogP contribution in [0.3, 0.4) is 0 Å². The standard InChI is InChI=1S/C20H26N4O3/c1-14-8-18(21)24(22-14)11-19(25)23-7-3-6-20(2,12-23)10-15-4-5-16-17(9-15)27-13-26-16/h4-5,8-9H,3,6-7,10-13,21H2,1-2H3/t20-/m0/s1. The van der Waals surface area contributed by atoms with Gasteiger partial charge in [-0.15, -0.1) is 0 Å². The van der Waals surface area contributed by atoms with Gasteiger partial charge >= 0.3 is 0 Å². The molecule has 1 aromatic heterocycles. The minimum Gasteiger partial charge on any atom is -0.454 e. The van der Waals surface area contributed by atoms with E-state index in [0.29, 0.717) is 5.82 Å². The fraction of sp³-hybridized carbons (Fsp3) is 0.500. The molecule has 2 aliphatic heterocycles. The third-order valence-electron chi connectivity index (χ3n) is 5.42. The second-order valence-electron chi connectivity index (χ2n) is 7.96. The highest BCUT2D eigenvalue weighted by Crippen LogP contribution is 2.37. The summed E-state index contributed by atoms with van der Waals surface area (Å²) in [6.45, 7) is 6.13. The van der Waals surface area contributed by atoms with Crippen LogP contribution in [0.1, 0.15) is 31.0 Å². The highest BCUT2D eigenvalue weighted by Gasteiger charge is 2.34. The van der Waals surface area contributed by atoms with Gasteiger partial charge in [-0.1, -0.05) is 13.0 Å². The Hall–Kier alpha value is -2.70. The summed E-state index contributed by atoms with van der Waals surface area (Å²) >= 11 is 0. The zero-order valence-corrected chi connectivity index (χ0v) is 15.9. The highest BCUT2D eigenvalue weighted by atomic mass is 16.7. The van der Waals surface area contributed by atoms with E-state index in [4.69, 9.17) is 15.2 Å². The highest BCUT2D eigenvalue weighted by molar-refractivity contribution is 5.76. The molecule has 4 rings (SSSR count). The first-order valence-electron chi connectivity index (χ1n) is 9.38. The molecule has 144 valence electrons. The number of ether oxygens (including phenoxy) is 2. The summed E-state index contributed by atoms with van der Waals surface area (Å²) in [6.07, 6.45) is 2.99. The van der Waals surface area contributed by atoms with Crippen molar-refractivity contribution in [1.29, 1.82) is 0 Å². The van der Waals surface area contributed by atoms with Crippen molar-refractivity contribution in [2.24, 2.45) is 5.41 Å². The van der Waals surface area contributed by atoms with Crippen LogP contribution in [0.4, 0.5) is 5.82 Å². The van der Waals surface area contributed by atoms with Gasteiger partial charge in [0.2, 0.25) is 12.7 Å². The topological polar surface area (TPSA) is 82.6 Å². The van der Waals surface area contributed by atoms with E-state index < -0.39 is 0 Å². The van der Waals surface area contributed by atoms with Crippen LogP contribution in [-0.4, -0.2) is 40.5 Å². The number of likely N-dealkylation sites (tertiary alicyclic amines) is 1. The van der Waals surface area contributed by atoms with Crippen LogP contribution in [0, 0.1) is 12.3 Å². The fourth-order valence-corrected chi connectivity index (χ4v) is 4.14. The van der Waals surface area contributed by atoms with Gasteiger partial charge in [0.05, 0.1) is 5.69 Å². The van der Waals surface area contributed by atoms with Crippen LogP contribution in [0.2, 0.25) is 0 Å². The van der Waals surface area contributed by atoms with Gasteiger partial charge in [0.25, 0.3) is 0 Å². The minimum atomic E-state index is 0.0349. The van der Waals surface area contributed by atoms with Crippen molar-refractivity contribution >= 4 is 11.7 Å². The average Bonchev–Trinajstić information content (AvgIpc) is 3.20. The molecule has 0 bridgehead atoms. The molecule has 1 fully saturated rings. The number of aryl methyl sites for hydroxylation is 1. The molecule has 7 heteroatoms. The molecule has 1 atom stereocenters. The van der Waals surface area contributed by atoms with Crippen molar-refractivity contribution in [3.8, 4) is 11.5 Å². The van der Waals surface area contributed by atoms with Crippen molar-refractivity contribution in [3.63, 3.8) is 0 Å². The molecule has 0 aliphatic carbocycles. The second kappa shape index (κ2) is 6.79. The molecular formula is C20H26N4O3. The number of amides is 1. The molecule has 1 aromatic carbocycles. The Morgan fingerprint density at radius 3 is 2.89 bits per heavy atom. The monoisotopic (exact) mass is 370 g/mol. The van der Waals surface area contributed by atoms with Crippen LogP contribution in [0.15, 0.2) is 24.3 Å². The van der Waals surface area contributed by atoms with E-state index in [9.17, 15) is 4.79 Å². The first-order chi connectivity index (χ1) is 12.9. The molecule has 0 radical (unpaired) electrons. The average molecular weight is 370 g/mol. The molecule has 0 unspecified atom stereocenters. The molecule has 2 N–H and O–H groups in total. The van der Waals surface area contributed by atoms with Gasteiger partial charge in [-0.25, -0.2) is 4.68 Å². The molecule has 0 spiro atoms. The Kier molecular flexibility index (Phi) is 4.45. The van der Waals surface area contributed by atoms with Crippen molar-refractivity contribution in [2.75, 3.05) is 25.6 Å². The SMILES string of the molecule is Cc1cc(N)n(CC(=O)N2CCC[C@@](C)(Cc3ccc4c(c3)OCO4)C2)n1. The fourth-order valence-electron chi connectivity index (χ4n) is 4.14. The molecule has 0 saturated carbocycles. The van der Waals surface area contributed by atoms with Gasteiger partial charge in [-0.3, -0.25) is 4.79 Å². The summed E-state index contributed by atoms with van der Waals surface area (Å²) in [4.78, 5) is 14.7. The maximum absolute atomic E-state index is 12.8. The van der Waals surface area contributed by atoms with Crippen molar-refractivity contribution in [3.05, 3.63) is 35.5 Å². The lowest BCUT2D eigenvalue weighted by molar-refractivity contribution is -0.135. The van der Waals surface area contributed by atoms with E-state index in [2.05, 4.69) is 24.2 Å². The Morgan fingerprint density at radius 1 is 1.30 bits per heavy atom. The number of rotatable bonds is 4. The zero-order valence-electron chi connectivity index (χ0n) is 15.9. The molecular weight excluding hydrogens is 344 g/mol. The number of carbonyl (C=O) groups is 1. The number of benzene rings is 1. The molecule has 1 saturated heterocycles. The van der Waals surface area contributed by atoms with Gasteiger partial charge < -0.3 is 20.1 Å². The number of hydrogen-bond donors (Lipinski definition) is 1. The number of nitrogens with zero attached hydrogens (tertiary/aromatic N) is 3. The first kappa shape index (κ1) is 17.7. The van der Waals surface area contributed by atoms with E-state index in [-0.39, 0.29) is 24.7 Å². The van der Waals surface area contributed by atoms with Crippen LogP contribution in [0.25, 0.3) is 0 Å². The lowest BCUT2D eigenvalue weighted by Gasteiger charge is -2.40. The largest absolute Gasteiger partial charge is 0.454 e.